The molecule has 1 aliphatic rings. The maximum absolute atomic E-state index is 11.0. The zero-order chi connectivity index (χ0) is 11.8. The fourth-order valence-corrected chi connectivity index (χ4v) is 1.97. The van der Waals surface area contributed by atoms with E-state index < -0.39 is 0 Å². The van der Waals surface area contributed by atoms with Gasteiger partial charge in [-0.25, -0.2) is 0 Å². The van der Waals surface area contributed by atoms with E-state index in [0.29, 0.717) is 6.42 Å². The Morgan fingerprint density at radius 2 is 1.75 bits per heavy atom. The van der Waals surface area contributed by atoms with Crippen molar-refractivity contribution in [2.75, 3.05) is 52.9 Å². The Hall–Kier alpha value is -0.650. The van der Waals surface area contributed by atoms with E-state index in [9.17, 15) is 4.79 Å². The van der Waals surface area contributed by atoms with E-state index in [4.69, 9.17) is 5.11 Å². The lowest BCUT2D eigenvalue weighted by Crippen LogP contribution is -2.47. The van der Waals surface area contributed by atoms with Gasteiger partial charge in [-0.1, -0.05) is 0 Å². The van der Waals surface area contributed by atoms with E-state index >= 15 is 0 Å². The second-order valence-electron chi connectivity index (χ2n) is 4.18. The van der Waals surface area contributed by atoms with E-state index in [2.05, 4.69) is 15.1 Å². The molecular weight excluding hydrogens is 206 g/mol. The SMILES string of the molecule is CNC(=O)CCCN1CCN(CCO)CC1. The van der Waals surface area contributed by atoms with Gasteiger partial charge in [0.1, 0.15) is 0 Å². The van der Waals surface area contributed by atoms with Crippen molar-refractivity contribution < 1.29 is 9.90 Å². The summed E-state index contributed by atoms with van der Waals surface area (Å²) >= 11 is 0. The summed E-state index contributed by atoms with van der Waals surface area (Å²) in [5.41, 5.74) is 0. The summed E-state index contributed by atoms with van der Waals surface area (Å²) in [6.45, 7) is 6.19. The van der Waals surface area contributed by atoms with E-state index in [1.165, 1.54) is 0 Å². The molecule has 0 atom stereocenters. The van der Waals surface area contributed by atoms with Crippen LogP contribution in [0.1, 0.15) is 12.8 Å². The molecule has 1 saturated heterocycles. The Morgan fingerprint density at radius 3 is 2.25 bits per heavy atom. The lowest BCUT2D eigenvalue weighted by atomic mass is 10.2. The summed E-state index contributed by atoms with van der Waals surface area (Å²) in [4.78, 5) is 15.7. The first-order valence-corrected chi connectivity index (χ1v) is 6.02. The number of carbonyl (C=O) groups is 1. The van der Waals surface area contributed by atoms with Gasteiger partial charge < -0.3 is 15.3 Å². The first kappa shape index (κ1) is 13.4. The highest BCUT2D eigenvalue weighted by atomic mass is 16.3. The van der Waals surface area contributed by atoms with Gasteiger partial charge in [-0.2, -0.15) is 0 Å². The molecule has 0 unspecified atom stereocenters. The number of hydrogen-bond acceptors (Lipinski definition) is 4. The minimum absolute atomic E-state index is 0.124. The number of nitrogens with zero attached hydrogens (tertiary/aromatic N) is 2. The summed E-state index contributed by atoms with van der Waals surface area (Å²) in [6.07, 6.45) is 1.55. The number of piperazine rings is 1. The molecule has 0 bridgehead atoms. The molecule has 0 saturated carbocycles. The van der Waals surface area contributed by atoms with E-state index in [-0.39, 0.29) is 12.5 Å². The highest BCUT2D eigenvalue weighted by molar-refractivity contribution is 5.75. The molecule has 5 heteroatoms. The Balaban J connectivity index is 2.06. The zero-order valence-electron chi connectivity index (χ0n) is 10.1. The molecular formula is C11H23N3O2. The van der Waals surface area contributed by atoms with Gasteiger partial charge in [0.2, 0.25) is 5.91 Å². The Bertz CT molecular complexity index is 203. The van der Waals surface area contributed by atoms with E-state index in [1.54, 1.807) is 7.05 Å². The summed E-state index contributed by atoms with van der Waals surface area (Å²) in [5, 5.41) is 11.4. The van der Waals surface area contributed by atoms with Crippen LogP contribution < -0.4 is 5.32 Å². The monoisotopic (exact) mass is 229 g/mol. The zero-order valence-corrected chi connectivity index (χ0v) is 10.1. The summed E-state index contributed by atoms with van der Waals surface area (Å²) in [7, 11) is 1.68. The number of hydrogen-bond donors (Lipinski definition) is 2. The van der Waals surface area contributed by atoms with Gasteiger partial charge in [0.25, 0.3) is 0 Å². The molecule has 0 aromatic rings. The van der Waals surface area contributed by atoms with Crippen molar-refractivity contribution in [1.82, 2.24) is 15.1 Å². The number of carbonyl (C=O) groups excluding carboxylic acids is 1. The third-order valence-corrected chi connectivity index (χ3v) is 3.04. The predicted molar refractivity (Wildman–Crippen MR) is 63.3 cm³/mol. The molecule has 16 heavy (non-hydrogen) atoms. The van der Waals surface area contributed by atoms with Crippen molar-refractivity contribution in [2.24, 2.45) is 0 Å². The molecule has 0 aromatic carbocycles. The average Bonchev–Trinajstić information content (AvgIpc) is 2.31. The molecule has 0 aliphatic carbocycles. The summed E-state index contributed by atoms with van der Waals surface area (Å²) in [5.74, 6) is 0.124. The summed E-state index contributed by atoms with van der Waals surface area (Å²) < 4.78 is 0. The highest BCUT2D eigenvalue weighted by Crippen LogP contribution is 2.03. The molecule has 1 rings (SSSR count). The number of amides is 1. The van der Waals surface area contributed by atoms with Crippen molar-refractivity contribution in [3.05, 3.63) is 0 Å². The second-order valence-corrected chi connectivity index (χ2v) is 4.18. The smallest absolute Gasteiger partial charge is 0.219 e. The highest BCUT2D eigenvalue weighted by Gasteiger charge is 2.15. The minimum Gasteiger partial charge on any atom is -0.395 e. The van der Waals surface area contributed by atoms with Crippen molar-refractivity contribution in [2.45, 2.75) is 12.8 Å². The number of rotatable bonds is 6. The first-order chi connectivity index (χ1) is 7.76. The van der Waals surface area contributed by atoms with Gasteiger partial charge in [-0.05, 0) is 13.0 Å². The second kappa shape index (κ2) is 7.60. The number of nitrogens with one attached hydrogen (secondary N) is 1. The standard InChI is InChI=1S/C11H23N3O2/c1-12-11(16)3-2-4-13-5-7-14(8-6-13)9-10-15/h15H,2-10H2,1H3,(H,12,16). The predicted octanol–water partition coefficient (Wildman–Crippen LogP) is -0.877. The Labute approximate surface area is 97.4 Å². The molecule has 1 amide bonds. The number of aliphatic hydroxyl groups excluding tert-OH is 1. The van der Waals surface area contributed by atoms with Crippen molar-refractivity contribution in [3.63, 3.8) is 0 Å². The van der Waals surface area contributed by atoms with Gasteiger partial charge in [-0.15, -0.1) is 0 Å². The van der Waals surface area contributed by atoms with Crippen LogP contribution in [0.25, 0.3) is 0 Å². The van der Waals surface area contributed by atoms with Crippen LogP contribution in [0.3, 0.4) is 0 Å². The molecule has 0 radical (unpaired) electrons. The topological polar surface area (TPSA) is 55.8 Å². The molecule has 1 aliphatic heterocycles. The third-order valence-electron chi connectivity index (χ3n) is 3.04. The van der Waals surface area contributed by atoms with Crippen LogP contribution in [-0.2, 0) is 4.79 Å². The molecule has 5 nitrogen and oxygen atoms in total. The van der Waals surface area contributed by atoms with Crippen LogP contribution in [0.2, 0.25) is 0 Å². The Morgan fingerprint density at radius 1 is 1.19 bits per heavy atom. The van der Waals surface area contributed by atoms with Gasteiger partial charge in [0.05, 0.1) is 6.61 Å². The largest absolute Gasteiger partial charge is 0.395 e. The van der Waals surface area contributed by atoms with Crippen LogP contribution >= 0.6 is 0 Å². The fraction of sp³-hybridized carbons (Fsp3) is 0.909. The molecule has 0 aromatic heterocycles. The van der Waals surface area contributed by atoms with Gasteiger partial charge in [0, 0.05) is 46.2 Å². The maximum Gasteiger partial charge on any atom is 0.219 e. The van der Waals surface area contributed by atoms with Crippen molar-refractivity contribution in [1.29, 1.82) is 0 Å². The molecule has 2 N–H and O–H groups in total. The molecule has 94 valence electrons. The van der Waals surface area contributed by atoms with Gasteiger partial charge >= 0.3 is 0 Å². The van der Waals surface area contributed by atoms with E-state index in [1.807, 2.05) is 0 Å². The number of β-amino-alcohol motifs (C(OH)–C–C–N with tert-alkyl or cyclic N) is 1. The summed E-state index contributed by atoms with van der Waals surface area (Å²) in [6, 6.07) is 0. The van der Waals surface area contributed by atoms with Crippen LogP contribution in [0.5, 0.6) is 0 Å². The lowest BCUT2D eigenvalue weighted by molar-refractivity contribution is -0.120. The Kier molecular flexibility index (Phi) is 6.37. The van der Waals surface area contributed by atoms with Crippen molar-refractivity contribution in [3.8, 4) is 0 Å². The fourth-order valence-electron chi connectivity index (χ4n) is 1.97. The molecule has 1 fully saturated rings. The lowest BCUT2D eigenvalue weighted by Gasteiger charge is -2.34. The van der Waals surface area contributed by atoms with Crippen LogP contribution in [0.4, 0.5) is 0 Å². The quantitative estimate of drug-likeness (QED) is 0.621. The third kappa shape index (κ3) is 4.92. The molecule has 0 spiro atoms. The van der Waals surface area contributed by atoms with Crippen LogP contribution in [-0.4, -0.2) is 73.7 Å². The van der Waals surface area contributed by atoms with Gasteiger partial charge in [0.15, 0.2) is 0 Å². The van der Waals surface area contributed by atoms with E-state index in [0.717, 1.165) is 45.7 Å². The number of aliphatic hydroxyl groups is 1. The van der Waals surface area contributed by atoms with Gasteiger partial charge in [-0.3, -0.25) is 9.69 Å². The van der Waals surface area contributed by atoms with Crippen LogP contribution in [0, 0.1) is 0 Å². The average molecular weight is 229 g/mol. The normalized spacial score (nSPS) is 18.6. The maximum atomic E-state index is 11.0. The molecule has 1 heterocycles. The van der Waals surface area contributed by atoms with Crippen LogP contribution in [0.15, 0.2) is 0 Å². The minimum atomic E-state index is 0.124. The first-order valence-electron chi connectivity index (χ1n) is 6.02. The van der Waals surface area contributed by atoms with Crippen molar-refractivity contribution >= 4 is 5.91 Å².